The lowest BCUT2D eigenvalue weighted by molar-refractivity contribution is 0.0778. The summed E-state index contributed by atoms with van der Waals surface area (Å²) in [7, 11) is 0. The van der Waals surface area contributed by atoms with Gasteiger partial charge in [0, 0.05) is 49.7 Å². The number of piperidine rings is 1. The van der Waals surface area contributed by atoms with Crippen molar-refractivity contribution in [2.45, 2.75) is 58.7 Å². The minimum absolute atomic E-state index is 0.136. The Balaban J connectivity index is 1.69. The molecule has 1 unspecified atom stereocenters. The maximum absolute atomic E-state index is 12.3. The number of amides is 1. The standard InChI is InChI=1S/C27H35N3O4/c1-5-33-24-9-7-8-21(25(24)31)23-17-22(20-11-10-18(3)19(4)16-20)28-27(29-23)12-14-30(15-13-27)26(32)34-6-2/h7-11,16,23,29,31H,5-6,12-15,17H2,1-4H3. The zero-order chi connectivity index (χ0) is 24.3. The highest BCUT2D eigenvalue weighted by molar-refractivity contribution is 6.02. The number of para-hydroxylation sites is 1. The SMILES string of the molecule is CCOC(=O)N1CCC2(CC1)N=C(c1ccc(C)c(C)c1)CC(c1cccc(OCC)c1O)N2. The molecule has 1 spiro atoms. The lowest BCUT2D eigenvalue weighted by Gasteiger charge is -2.45. The fraction of sp³-hybridized carbons (Fsp3) is 0.481. The Morgan fingerprint density at radius 1 is 1.15 bits per heavy atom. The summed E-state index contributed by atoms with van der Waals surface area (Å²) in [4.78, 5) is 19.2. The van der Waals surface area contributed by atoms with E-state index in [0.29, 0.717) is 51.3 Å². The van der Waals surface area contributed by atoms with Gasteiger partial charge in [-0.2, -0.15) is 0 Å². The molecule has 2 aliphatic rings. The number of nitrogens with one attached hydrogen (secondary N) is 1. The van der Waals surface area contributed by atoms with Crippen LogP contribution >= 0.6 is 0 Å². The summed E-state index contributed by atoms with van der Waals surface area (Å²) in [6.45, 7) is 9.92. The number of likely N-dealkylation sites (tertiary alicyclic amines) is 1. The number of aryl methyl sites for hydroxylation is 2. The molecule has 1 atom stereocenters. The first kappa shape index (κ1) is 24.1. The molecule has 0 saturated carbocycles. The number of aromatic hydroxyl groups is 1. The molecule has 7 heteroatoms. The number of hydrogen-bond acceptors (Lipinski definition) is 6. The third-order valence-electron chi connectivity index (χ3n) is 6.85. The molecule has 1 saturated heterocycles. The van der Waals surface area contributed by atoms with E-state index >= 15 is 0 Å². The molecular formula is C27H35N3O4. The number of nitrogens with zero attached hydrogens (tertiary/aromatic N) is 2. The van der Waals surface area contributed by atoms with Crippen LogP contribution in [0.2, 0.25) is 0 Å². The second kappa shape index (κ2) is 10.1. The zero-order valence-corrected chi connectivity index (χ0v) is 20.6. The summed E-state index contributed by atoms with van der Waals surface area (Å²) in [6, 6.07) is 12.0. The second-order valence-corrected chi connectivity index (χ2v) is 9.10. The van der Waals surface area contributed by atoms with Gasteiger partial charge in [-0.1, -0.05) is 24.3 Å². The van der Waals surface area contributed by atoms with Crippen molar-refractivity contribution in [2.24, 2.45) is 4.99 Å². The van der Waals surface area contributed by atoms with Crippen molar-refractivity contribution >= 4 is 11.8 Å². The molecule has 2 heterocycles. The van der Waals surface area contributed by atoms with Crippen LogP contribution in [-0.4, -0.2) is 53.8 Å². The van der Waals surface area contributed by atoms with Crippen LogP contribution < -0.4 is 10.1 Å². The fourth-order valence-electron chi connectivity index (χ4n) is 4.82. The molecule has 2 aromatic carbocycles. The molecule has 2 aliphatic heterocycles. The molecular weight excluding hydrogens is 430 g/mol. The van der Waals surface area contributed by atoms with Crippen molar-refractivity contribution in [3.8, 4) is 11.5 Å². The Labute approximate surface area is 201 Å². The summed E-state index contributed by atoms with van der Waals surface area (Å²) in [5.41, 5.74) is 4.86. The largest absolute Gasteiger partial charge is 0.504 e. The molecule has 4 rings (SSSR count). The molecule has 0 radical (unpaired) electrons. The number of aliphatic imine (C=N–C) groups is 1. The number of phenols is 1. The zero-order valence-electron chi connectivity index (χ0n) is 20.6. The Kier molecular flexibility index (Phi) is 7.12. The van der Waals surface area contributed by atoms with Crippen LogP contribution in [0.5, 0.6) is 11.5 Å². The van der Waals surface area contributed by atoms with E-state index in [2.05, 4.69) is 37.4 Å². The summed E-state index contributed by atoms with van der Waals surface area (Å²) in [5.74, 6) is 0.658. The van der Waals surface area contributed by atoms with E-state index in [1.807, 2.05) is 26.0 Å². The van der Waals surface area contributed by atoms with Crippen molar-refractivity contribution in [1.29, 1.82) is 0 Å². The average molecular weight is 466 g/mol. The van der Waals surface area contributed by atoms with Crippen molar-refractivity contribution in [2.75, 3.05) is 26.3 Å². The van der Waals surface area contributed by atoms with Crippen LogP contribution in [0.3, 0.4) is 0 Å². The van der Waals surface area contributed by atoms with Gasteiger partial charge in [-0.15, -0.1) is 0 Å². The highest BCUT2D eigenvalue weighted by atomic mass is 16.6. The first-order chi connectivity index (χ1) is 16.4. The number of phenolic OH excluding ortho intramolecular Hbond substituents is 1. The van der Waals surface area contributed by atoms with E-state index in [0.717, 1.165) is 16.8 Å². The Morgan fingerprint density at radius 3 is 2.59 bits per heavy atom. The van der Waals surface area contributed by atoms with Gasteiger partial charge in [0.2, 0.25) is 0 Å². The topological polar surface area (TPSA) is 83.4 Å². The molecule has 1 amide bonds. The normalized spacial score (nSPS) is 19.6. The van der Waals surface area contributed by atoms with E-state index in [1.165, 1.54) is 11.1 Å². The minimum atomic E-state index is -0.520. The van der Waals surface area contributed by atoms with Crippen molar-refractivity contribution in [3.63, 3.8) is 0 Å². The fourth-order valence-corrected chi connectivity index (χ4v) is 4.82. The predicted octanol–water partition coefficient (Wildman–Crippen LogP) is 4.88. The molecule has 2 aromatic rings. The molecule has 0 aliphatic carbocycles. The van der Waals surface area contributed by atoms with Gasteiger partial charge < -0.3 is 19.5 Å². The molecule has 34 heavy (non-hydrogen) atoms. The Morgan fingerprint density at radius 2 is 1.91 bits per heavy atom. The van der Waals surface area contributed by atoms with Crippen LogP contribution in [0.15, 0.2) is 41.4 Å². The van der Waals surface area contributed by atoms with E-state index in [1.54, 1.807) is 11.0 Å². The number of rotatable bonds is 5. The van der Waals surface area contributed by atoms with Crippen LogP contribution in [0.1, 0.15) is 61.4 Å². The van der Waals surface area contributed by atoms with Crippen molar-refractivity contribution in [3.05, 3.63) is 58.7 Å². The van der Waals surface area contributed by atoms with Gasteiger partial charge in [-0.05, 0) is 56.5 Å². The van der Waals surface area contributed by atoms with Crippen molar-refractivity contribution in [1.82, 2.24) is 10.2 Å². The van der Waals surface area contributed by atoms with Gasteiger partial charge in [-0.3, -0.25) is 10.3 Å². The van der Waals surface area contributed by atoms with Crippen LogP contribution in [-0.2, 0) is 4.74 Å². The number of carbonyl (C=O) groups excluding carboxylic acids is 1. The molecule has 0 aromatic heterocycles. The van der Waals surface area contributed by atoms with Gasteiger partial charge in [0.15, 0.2) is 11.5 Å². The number of carbonyl (C=O) groups is 1. The average Bonchev–Trinajstić information content (AvgIpc) is 2.82. The summed E-state index contributed by atoms with van der Waals surface area (Å²) in [5, 5.41) is 14.7. The first-order valence-electron chi connectivity index (χ1n) is 12.2. The summed E-state index contributed by atoms with van der Waals surface area (Å²) < 4.78 is 10.8. The van der Waals surface area contributed by atoms with Gasteiger partial charge in [-0.25, -0.2) is 4.79 Å². The lowest BCUT2D eigenvalue weighted by Crippen LogP contribution is -2.56. The lowest BCUT2D eigenvalue weighted by atomic mass is 9.87. The molecule has 2 N–H and O–H groups in total. The smallest absolute Gasteiger partial charge is 0.409 e. The quantitative estimate of drug-likeness (QED) is 0.658. The van der Waals surface area contributed by atoms with Gasteiger partial charge in [0.05, 0.1) is 13.2 Å². The van der Waals surface area contributed by atoms with Crippen LogP contribution in [0, 0.1) is 13.8 Å². The third kappa shape index (κ3) is 4.89. The summed E-state index contributed by atoms with van der Waals surface area (Å²) in [6.07, 6.45) is 1.71. The van der Waals surface area contributed by atoms with Crippen LogP contribution in [0.25, 0.3) is 0 Å². The minimum Gasteiger partial charge on any atom is -0.504 e. The van der Waals surface area contributed by atoms with E-state index in [-0.39, 0.29) is 17.9 Å². The van der Waals surface area contributed by atoms with E-state index < -0.39 is 5.66 Å². The van der Waals surface area contributed by atoms with Gasteiger partial charge in [0.1, 0.15) is 5.66 Å². The number of benzene rings is 2. The number of hydrogen-bond donors (Lipinski definition) is 2. The molecule has 182 valence electrons. The Bertz CT molecular complexity index is 1070. The highest BCUT2D eigenvalue weighted by Crippen LogP contribution is 2.40. The maximum Gasteiger partial charge on any atom is 0.409 e. The molecule has 0 bridgehead atoms. The predicted molar refractivity (Wildman–Crippen MR) is 133 cm³/mol. The number of ether oxygens (including phenoxy) is 2. The Hall–Kier alpha value is -3.06. The maximum atomic E-state index is 12.3. The highest BCUT2D eigenvalue weighted by Gasteiger charge is 2.42. The molecule has 7 nitrogen and oxygen atoms in total. The van der Waals surface area contributed by atoms with Crippen molar-refractivity contribution < 1.29 is 19.4 Å². The van der Waals surface area contributed by atoms with Gasteiger partial charge in [0.25, 0.3) is 0 Å². The van der Waals surface area contributed by atoms with E-state index in [4.69, 9.17) is 14.5 Å². The first-order valence-corrected chi connectivity index (χ1v) is 12.2. The third-order valence-corrected chi connectivity index (χ3v) is 6.85. The van der Waals surface area contributed by atoms with E-state index in [9.17, 15) is 9.90 Å². The second-order valence-electron chi connectivity index (χ2n) is 9.10. The van der Waals surface area contributed by atoms with Gasteiger partial charge >= 0.3 is 6.09 Å². The summed E-state index contributed by atoms with van der Waals surface area (Å²) >= 11 is 0. The molecule has 1 fully saturated rings. The monoisotopic (exact) mass is 465 g/mol. The van der Waals surface area contributed by atoms with Crippen LogP contribution in [0.4, 0.5) is 4.79 Å².